The number of hydrogen-bond donors (Lipinski definition) is 1. The van der Waals surface area contributed by atoms with E-state index in [1.807, 2.05) is 10.8 Å². The van der Waals surface area contributed by atoms with Gasteiger partial charge >= 0.3 is 0 Å². The lowest BCUT2D eigenvalue weighted by Gasteiger charge is -2.29. The minimum absolute atomic E-state index is 0.362. The van der Waals surface area contributed by atoms with E-state index in [-0.39, 0.29) is 11.6 Å². The van der Waals surface area contributed by atoms with Gasteiger partial charge < -0.3 is 9.67 Å². The van der Waals surface area contributed by atoms with Crippen molar-refractivity contribution in [3.05, 3.63) is 90.0 Å². The Kier molecular flexibility index (Phi) is 4.71. The molecular weight excluding hydrogens is 310 g/mol. The van der Waals surface area contributed by atoms with Gasteiger partial charge in [0.1, 0.15) is 17.2 Å². The van der Waals surface area contributed by atoms with Crippen molar-refractivity contribution < 1.29 is 13.9 Å². The lowest BCUT2D eigenvalue weighted by Crippen LogP contribution is -2.27. The molecule has 2 aromatic carbocycles. The third-order valence-electron chi connectivity index (χ3n) is 4.16. The predicted octanol–water partition coefficient (Wildman–Crippen LogP) is 3.88. The zero-order valence-corrected chi connectivity index (χ0v) is 13.1. The number of rotatable bonds is 6. The second-order valence-electron chi connectivity index (χ2n) is 5.78. The van der Waals surface area contributed by atoms with Gasteiger partial charge in [-0.05, 0) is 48.2 Å². The summed E-state index contributed by atoms with van der Waals surface area (Å²) in [7, 11) is 0. The van der Waals surface area contributed by atoms with E-state index < -0.39 is 5.60 Å². The number of nitrogens with zero attached hydrogens (tertiary/aromatic N) is 2. The van der Waals surface area contributed by atoms with E-state index in [0.29, 0.717) is 30.5 Å². The normalized spacial score (nSPS) is 11.6. The summed E-state index contributed by atoms with van der Waals surface area (Å²) in [5.41, 5.74) is -0.135. The maximum Gasteiger partial charge on any atom is 0.123 e. The van der Waals surface area contributed by atoms with Gasteiger partial charge in [0.25, 0.3) is 0 Å². The van der Waals surface area contributed by atoms with Gasteiger partial charge in [0.15, 0.2) is 0 Å². The minimum atomic E-state index is -1.30. The van der Waals surface area contributed by atoms with Crippen molar-refractivity contribution in [2.24, 2.45) is 0 Å². The Morgan fingerprint density at radius 3 is 1.92 bits per heavy atom. The van der Waals surface area contributed by atoms with Gasteiger partial charge in [-0.1, -0.05) is 24.3 Å². The van der Waals surface area contributed by atoms with E-state index in [1.54, 1.807) is 36.8 Å². The molecule has 0 aliphatic carbocycles. The maximum absolute atomic E-state index is 13.2. The Morgan fingerprint density at radius 2 is 1.46 bits per heavy atom. The van der Waals surface area contributed by atoms with Crippen molar-refractivity contribution in [1.29, 1.82) is 0 Å². The third kappa shape index (κ3) is 3.51. The third-order valence-corrected chi connectivity index (χ3v) is 4.16. The highest BCUT2D eigenvalue weighted by Crippen LogP contribution is 2.34. The summed E-state index contributed by atoms with van der Waals surface area (Å²) in [6.07, 6.45) is 6.37. The number of aromatic nitrogens is 2. The van der Waals surface area contributed by atoms with Crippen LogP contribution in [0.2, 0.25) is 0 Å². The molecule has 0 amide bonds. The second-order valence-corrected chi connectivity index (χ2v) is 5.78. The van der Waals surface area contributed by atoms with Crippen molar-refractivity contribution in [3.63, 3.8) is 0 Å². The highest BCUT2D eigenvalue weighted by Gasteiger charge is 2.31. The molecule has 0 atom stereocenters. The van der Waals surface area contributed by atoms with Crippen LogP contribution in [0, 0.1) is 11.6 Å². The first kappa shape index (κ1) is 16.3. The molecule has 3 aromatic rings. The van der Waals surface area contributed by atoms with Crippen LogP contribution in [-0.2, 0) is 12.1 Å². The summed E-state index contributed by atoms with van der Waals surface area (Å²) in [6, 6.07) is 11.5. The fraction of sp³-hybridized carbons (Fsp3) is 0.211. The molecule has 0 saturated heterocycles. The van der Waals surface area contributed by atoms with E-state index >= 15 is 0 Å². The second kappa shape index (κ2) is 6.93. The Bertz CT molecular complexity index is 723. The van der Waals surface area contributed by atoms with Gasteiger partial charge in [-0.15, -0.1) is 0 Å². The molecule has 24 heavy (non-hydrogen) atoms. The Morgan fingerprint density at radius 1 is 0.917 bits per heavy atom. The van der Waals surface area contributed by atoms with Gasteiger partial charge in [-0.25, -0.2) is 13.8 Å². The first-order valence-electron chi connectivity index (χ1n) is 7.78. The summed E-state index contributed by atoms with van der Waals surface area (Å²) in [4.78, 5) is 3.99. The number of hydrogen-bond acceptors (Lipinski definition) is 2. The van der Waals surface area contributed by atoms with Crippen molar-refractivity contribution in [2.75, 3.05) is 0 Å². The number of benzene rings is 2. The number of aryl methyl sites for hydroxylation is 1. The van der Waals surface area contributed by atoms with E-state index in [4.69, 9.17) is 0 Å². The molecule has 0 saturated carbocycles. The molecule has 3 rings (SSSR count). The van der Waals surface area contributed by atoms with E-state index in [2.05, 4.69) is 4.98 Å². The van der Waals surface area contributed by atoms with Crippen LogP contribution in [0.5, 0.6) is 0 Å². The zero-order chi connectivity index (χ0) is 17.0. The van der Waals surface area contributed by atoms with Crippen LogP contribution in [0.3, 0.4) is 0 Å². The molecule has 1 heterocycles. The predicted molar refractivity (Wildman–Crippen MR) is 87.3 cm³/mol. The SMILES string of the molecule is OC(CCCn1ccnc1)(c1ccc(F)cc1)c1ccc(F)cc1. The average Bonchev–Trinajstić information content (AvgIpc) is 3.09. The van der Waals surface area contributed by atoms with Crippen LogP contribution in [-0.4, -0.2) is 14.7 Å². The highest BCUT2D eigenvalue weighted by atomic mass is 19.1. The lowest BCUT2D eigenvalue weighted by molar-refractivity contribution is 0.0672. The molecule has 0 spiro atoms. The molecule has 0 aliphatic heterocycles. The van der Waals surface area contributed by atoms with Crippen molar-refractivity contribution in [1.82, 2.24) is 9.55 Å². The molecule has 0 bridgehead atoms. The molecule has 124 valence electrons. The van der Waals surface area contributed by atoms with Crippen LogP contribution < -0.4 is 0 Å². The maximum atomic E-state index is 13.2. The number of imidazole rings is 1. The summed E-state index contributed by atoms with van der Waals surface area (Å²) < 4.78 is 28.4. The molecule has 0 aliphatic rings. The van der Waals surface area contributed by atoms with Gasteiger partial charge in [-0.2, -0.15) is 0 Å². The van der Waals surface area contributed by atoms with Crippen LogP contribution in [0.25, 0.3) is 0 Å². The van der Waals surface area contributed by atoms with Crippen LogP contribution in [0.15, 0.2) is 67.3 Å². The van der Waals surface area contributed by atoms with E-state index in [9.17, 15) is 13.9 Å². The highest BCUT2D eigenvalue weighted by molar-refractivity contribution is 5.36. The first-order chi connectivity index (χ1) is 11.6. The largest absolute Gasteiger partial charge is 0.380 e. The number of aliphatic hydroxyl groups is 1. The molecule has 0 unspecified atom stereocenters. The number of halogens is 2. The molecular formula is C19H18F2N2O. The molecule has 5 heteroatoms. The summed E-state index contributed by atoms with van der Waals surface area (Å²) in [5, 5.41) is 11.3. The molecule has 1 N–H and O–H groups in total. The van der Waals surface area contributed by atoms with E-state index in [0.717, 1.165) is 0 Å². The Hall–Kier alpha value is -2.53. The fourth-order valence-corrected chi connectivity index (χ4v) is 2.84. The zero-order valence-electron chi connectivity index (χ0n) is 13.1. The summed E-state index contributed by atoms with van der Waals surface area (Å²) in [5.74, 6) is -0.725. The molecule has 0 fully saturated rings. The van der Waals surface area contributed by atoms with Crippen LogP contribution in [0.1, 0.15) is 24.0 Å². The van der Waals surface area contributed by atoms with Crippen molar-refractivity contribution >= 4 is 0 Å². The molecule has 0 radical (unpaired) electrons. The quantitative estimate of drug-likeness (QED) is 0.746. The van der Waals surface area contributed by atoms with Crippen molar-refractivity contribution in [3.8, 4) is 0 Å². The topological polar surface area (TPSA) is 38.0 Å². The van der Waals surface area contributed by atoms with Crippen LogP contribution >= 0.6 is 0 Å². The van der Waals surface area contributed by atoms with Gasteiger partial charge in [0, 0.05) is 18.9 Å². The van der Waals surface area contributed by atoms with Crippen LogP contribution in [0.4, 0.5) is 8.78 Å². The Balaban J connectivity index is 1.87. The van der Waals surface area contributed by atoms with Crippen molar-refractivity contribution in [2.45, 2.75) is 25.0 Å². The monoisotopic (exact) mass is 328 g/mol. The Labute approximate surface area is 139 Å². The minimum Gasteiger partial charge on any atom is -0.380 e. The smallest absolute Gasteiger partial charge is 0.123 e. The van der Waals surface area contributed by atoms with E-state index in [1.165, 1.54) is 24.3 Å². The molecule has 3 nitrogen and oxygen atoms in total. The summed E-state index contributed by atoms with van der Waals surface area (Å²) >= 11 is 0. The van der Waals surface area contributed by atoms with Gasteiger partial charge in [0.05, 0.1) is 6.33 Å². The van der Waals surface area contributed by atoms with Gasteiger partial charge in [-0.3, -0.25) is 0 Å². The van der Waals surface area contributed by atoms with Gasteiger partial charge in [0.2, 0.25) is 0 Å². The molecule has 1 aromatic heterocycles. The first-order valence-corrected chi connectivity index (χ1v) is 7.78. The fourth-order valence-electron chi connectivity index (χ4n) is 2.84. The summed E-state index contributed by atoms with van der Waals surface area (Å²) in [6.45, 7) is 0.699. The average molecular weight is 328 g/mol. The standard InChI is InChI=1S/C19H18F2N2O/c20-17-6-2-15(3-7-17)19(24,16-4-8-18(21)9-5-16)10-1-12-23-13-11-22-14-23/h2-9,11,13-14,24H,1,10,12H2. The lowest BCUT2D eigenvalue weighted by atomic mass is 9.82.